The summed E-state index contributed by atoms with van der Waals surface area (Å²) in [5.74, 6) is -2.39. The minimum atomic E-state index is -1.40. The van der Waals surface area contributed by atoms with Crippen LogP contribution < -0.4 is 21.7 Å². The van der Waals surface area contributed by atoms with E-state index in [4.69, 9.17) is 10.5 Å². The Morgan fingerprint density at radius 1 is 0.732 bits per heavy atom. The normalized spacial score (nSPS) is 13.6. The van der Waals surface area contributed by atoms with Crippen LogP contribution in [0.4, 0.5) is 4.79 Å². The van der Waals surface area contributed by atoms with Gasteiger partial charge < -0.3 is 36.6 Å². The van der Waals surface area contributed by atoms with Crippen molar-refractivity contribution >= 4 is 23.8 Å². The molecule has 0 unspecified atom stereocenters. The highest BCUT2D eigenvalue weighted by atomic mass is 16.5. The SMILES string of the molecule is C[C@H](O)[C@H](NC(=O)[C@@H](Cc1ccc(O)cc1)NC(=O)[C@@H](Cc1ccccc1)NC(=O)OCc1ccccc1)C(N)=O. The third-order valence-electron chi connectivity index (χ3n) is 6.20. The third-order valence-corrected chi connectivity index (χ3v) is 6.20. The number of hydrogen-bond donors (Lipinski definition) is 6. The van der Waals surface area contributed by atoms with Gasteiger partial charge in [-0.05, 0) is 35.7 Å². The molecule has 0 heterocycles. The average molecular weight is 563 g/mol. The Hall–Kier alpha value is -4.90. The molecule has 216 valence electrons. The maximum Gasteiger partial charge on any atom is 0.408 e. The Bertz CT molecular complexity index is 1300. The van der Waals surface area contributed by atoms with Crippen molar-refractivity contribution in [1.29, 1.82) is 0 Å². The van der Waals surface area contributed by atoms with Crippen molar-refractivity contribution in [3.63, 3.8) is 0 Å². The van der Waals surface area contributed by atoms with Crippen LogP contribution >= 0.6 is 0 Å². The van der Waals surface area contributed by atoms with Gasteiger partial charge in [0.05, 0.1) is 6.10 Å². The number of nitrogens with two attached hydrogens (primary N) is 1. The molecule has 11 nitrogen and oxygen atoms in total. The van der Waals surface area contributed by atoms with Crippen LogP contribution in [0.1, 0.15) is 23.6 Å². The number of aliphatic hydroxyl groups excluding tert-OH is 1. The van der Waals surface area contributed by atoms with E-state index < -0.39 is 48.0 Å². The summed E-state index contributed by atoms with van der Waals surface area (Å²) >= 11 is 0. The molecule has 0 fully saturated rings. The maximum absolute atomic E-state index is 13.5. The lowest BCUT2D eigenvalue weighted by molar-refractivity contribution is -0.133. The van der Waals surface area contributed by atoms with Crippen molar-refractivity contribution in [3.05, 3.63) is 102 Å². The number of alkyl carbamates (subject to hydrolysis) is 1. The fourth-order valence-corrected chi connectivity index (χ4v) is 4.00. The molecule has 3 rings (SSSR count). The number of hydrogen-bond acceptors (Lipinski definition) is 7. The van der Waals surface area contributed by atoms with Gasteiger partial charge in [-0.15, -0.1) is 0 Å². The Kier molecular flexibility index (Phi) is 11.2. The number of phenolic OH excluding ortho intramolecular Hbond substituents is 1. The van der Waals surface area contributed by atoms with Gasteiger partial charge in [0.25, 0.3) is 0 Å². The van der Waals surface area contributed by atoms with Crippen LogP contribution in [-0.4, -0.2) is 58.3 Å². The second-order valence-corrected chi connectivity index (χ2v) is 9.51. The number of benzene rings is 3. The van der Waals surface area contributed by atoms with Crippen LogP contribution in [0.15, 0.2) is 84.9 Å². The van der Waals surface area contributed by atoms with Gasteiger partial charge >= 0.3 is 6.09 Å². The van der Waals surface area contributed by atoms with E-state index in [0.717, 1.165) is 11.1 Å². The van der Waals surface area contributed by atoms with Gasteiger partial charge in [0, 0.05) is 12.8 Å². The molecule has 4 atom stereocenters. The van der Waals surface area contributed by atoms with Crippen molar-refractivity contribution in [3.8, 4) is 5.75 Å². The lowest BCUT2D eigenvalue weighted by atomic mass is 10.0. The first-order valence-corrected chi connectivity index (χ1v) is 13.0. The van der Waals surface area contributed by atoms with Gasteiger partial charge in [0.2, 0.25) is 17.7 Å². The number of primary amides is 1. The van der Waals surface area contributed by atoms with Crippen LogP contribution in [-0.2, 0) is 38.6 Å². The number of carbonyl (C=O) groups excluding carboxylic acids is 4. The lowest BCUT2D eigenvalue weighted by Gasteiger charge is -2.25. The van der Waals surface area contributed by atoms with Crippen molar-refractivity contribution in [2.45, 2.75) is 50.6 Å². The molecule has 3 aromatic rings. The van der Waals surface area contributed by atoms with Crippen molar-refractivity contribution in [2.24, 2.45) is 5.73 Å². The highest BCUT2D eigenvalue weighted by Gasteiger charge is 2.31. The third kappa shape index (κ3) is 9.97. The average Bonchev–Trinajstić information content (AvgIpc) is 2.95. The monoisotopic (exact) mass is 562 g/mol. The molecule has 41 heavy (non-hydrogen) atoms. The molecule has 4 amide bonds. The van der Waals surface area contributed by atoms with E-state index in [1.165, 1.54) is 19.1 Å². The number of rotatable bonds is 13. The Morgan fingerprint density at radius 2 is 1.22 bits per heavy atom. The van der Waals surface area contributed by atoms with Crippen LogP contribution in [0, 0.1) is 0 Å². The minimum Gasteiger partial charge on any atom is -0.508 e. The molecule has 0 saturated heterocycles. The van der Waals surface area contributed by atoms with Gasteiger partial charge in [-0.3, -0.25) is 14.4 Å². The van der Waals surface area contributed by atoms with Crippen LogP contribution in [0.3, 0.4) is 0 Å². The predicted octanol–water partition coefficient (Wildman–Crippen LogP) is 1.31. The second kappa shape index (κ2) is 15.0. The van der Waals surface area contributed by atoms with E-state index >= 15 is 0 Å². The smallest absolute Gasteiger partial charge is 0.408 e. The number of phenols is 1. The number of aliphatic hydroxyl groups is 1. The van der Waals surface area contributed by atoms with Crippen molar-refractivity contribution < 1.29 is 34.1 Å². The summed E-state index contributed by atoms with van der Waals surface area (Å²) < 4.78 is 5.30. The van der Waals surface area contributed by atoms with Crippen LogP contribution in [0.25, 0.3) is 0 Å². The lowest BCUT2D eigenvalue weighted by Crippen LogP contribution is -2.59. The molecule has 3 aromatic carbocycles. The topological polar surface area (TPSA) is 180 Å². The zero-order valence-electron chi connectivity index (χ0n) is 22.5. The first-order chi connectivity index (χ1) is 19.6. The van der Waals surface area contributed by atoms with E-state index in [0.29, 0.717) is 5.56 Å². The van der Waals surface area contributed by atoms with Gasteiger partial charge in [0.1, 0.15) is 30.5 Å². The van der Waals surface area contributed by atoms with Gasteiger partial charge in [-0.1, -0.05) is 72.8 Å². The van der Waals surface area contributed by atoms with Gasteiger partial charge in [-0.25, -0.2) is 4.79 Å². The number of amides is 4. The second-order valence-electron chi connectivity index (χ2n) is 9.51. The number of carbonyl (C=O) groups is 4. The molecule has 0 spiro atoms. The Labute approximate surface area is 237 Å². The minimum absolute atomic E-state index is 0.00785. The van der Waals surface area contributed by atoms with Gasteiger partial charge in [0.15, 0.2) is 0 Å². The summed E-state index contributed by atoms with van der Waals surface area (Å²) in [6, 6.07) is 20.3. The van der Waals surface area contributed by atoms with E-state index in [-0.39, 0.29) is 25.2 Å². The number of nitrogens with one attached hydrogen (secondary N) is 3. The van der Waals surface area contributed by atoms with E-state index in [2.05, 4.69) is 16.0 Å². The summed E-state index contributed by atoms with van der Waals surface area (Å²) in [4.78, 5) is 51.2. The summed E-state index contributed by atoms with van der Waals surface area (Å²) in [6.07, 6.45) is -2.04. The van der Waals surface area contributed by atoms with Crippen molar-refractivity contribution in [1.82, 2.24) is 16.0 Å². The molecule has 11 heteroatoms. The molecular formula is C30H34N4O7. The summed E-state index contributed by atoms with van der Waals surface area (Å²) in [7, 11) is 0. The summed E-state index contributed by atoms with van der Waals surface area (Å²) in [6.45, 7) is 1.29. The van der Waals surface area contributed by atoms with E-state index in [9.17, 15) is 29.4 Å². The molecule has 0 aliphatic carbocycles. The Morgan fingerprint density at radius 3 is 1.76 bits per heavy atom. The first-order valence-electron chi connectivity index (χ1n) is 13.0. The van der Waals surface area contributed by atoms with E-state index in [1.54, 1.807) is 48.5 Å². The molecule has 0 aliphatic rings. The van der Waals surface area contributed by atoms with Gasteiger partial charge in [-0.2, -0.15) is 0 Å². The van der Waals surface area contributed by atoms with E-state index in [1.807, 2.05) is 24.3 Å². The highest BCUT2D eigenvalue weighted by molar-refractivity contribution is 5.94. The largest absolute Gasteiger partial charge is 0.508 e. The molecular weight excluding hydrogens is 528 g/mol. The molecule has 0 aromatic heterocycles. The molecule has 0 aliphatic heterocycles. The predicted molar refractivity (Wildman–Crippen MR) is 150 cm³/mol. The Balaban J connectivity index is 1.80. The fourth-order valence-electron chi connectivity index (χ4n) is 4.00. The number of aromatic hydroxyl groups is 1. The highest BCUT2D eigenvalue weighted by Crippen LogP contribution is 2.13. The summed E-state index contributed by atoms with van der Waals surface area (Å²) in [5, 5.41) is 27.1. The summed E-state index contributed by atoms with van der Waals surface area (Å²) in [5.41, 5.74) is 7.43. The first kappa shape index (κ1) is 30.6. The molecule has 0 bridgehead atoms. The maximum atomic E-state index is 13.5. The quantitative estimate of drug-likeness (QED) is 0.182. The molecule has 7 N–H and O–H groups in total. The van der Waals surface area contributed by atoms with Crippen molar-refractivity contribution in [2.75, 3.05) is 0 Å². The molecule has 0 saturated carbocycles. The standard InChI is InChI=1S/C30H34N4O7/c1-19(35)26(27(31)37)34-29(39)24(17-21-12-14-23(36)15-13-21)32-28(38)25(16-20-8-4-2-5-9-20)33-30(40)41-18-22-10-6-3-7-11-22/h2-15,19,24-26,35-36H,16-18H2,1H3,(H2,31,37)(H,32,38)(H,33,40)(H,34,39)/t19-,24+,25+,26-/m0/s1. The zero-order valence-corrected chi connectivity index (χ0v) is 22.5. The zero-order chi connectivity index (χ0) is 29.8. The fraction of sp³-hybridized carbons (Fsp3) is 0.267. The van der Waals surface area contributed by atoms with Crippen LogP contribution in [0.5, 0.6) is 5.75 Å². The van der Waals surface area contributed by atoms with Crippen LogP contribution in [0.2, 0.25) is 0 Å². The number of ether oxygens (including phenoxy) is 1. The molecule has 0 radical (unpaired) electrons.